The SMILES string of the molecule is CCSc1ncccc1-c1cc(F)c(OCCCC(=O)O)c(F)c1. The van der Waals surface area contributed by atoms with Crippen LogP contribution >= 0.6 is 11.8 Å². The van der Waals surface area contributed by atoms with E-state index in [-0.39, 0.29) is 19.4 Å². The van der Waals surface area contributed by atoms with Gasteiger partial charge in [-0.3, -0.25) is 4.79 Å². The molecule has 0 bridgehead atoms. The lowest BCUT2D eigenvalue weighted by Crippen LogP contribution is -2.05. The first kappa shape index (κ1) is 18.2. The average Bonchev–Trinajstić information content (AvgIpc) is 2.54. The van der Waals surface area contributed by atoms with Crippen LogP contribution in [0.15, 0.2) is 35.5 Å². The Bertz CT molecular complexity index is 702. The second-order valence-corrected chi connectivity index (χ2v) is 6.16. The summed E-state index contributed by atoms with van der Waals surface area (Å²) in [5, 5.41) is 9.24. The second-order valence-electron chi connectivity index (χ2n) is 4.90. The van der Waals surface area contributed by atoms with Crippen molar-refractivity contribution in [2.24, 2.45) is 0 Å². The fourth-order valence-corrected chi connectivity index (χ4v) is 2.86. The molecule has 0 aliphatic heterocycles. The van der Waals surface area contributed by atoms with Crippen LogP contribution in [0.1, 0.15) is 19.8 Å². The largest absolute Gasteiger partial charge is 0.488 e. The van der Waals surface area contributed by atoms with E-state index in [1.165, 1.54) is 23.9 Å². The fraction of sp³-hybridized carbons (Fsp3) is 0.294. The van der Waals surface area contributed by atoms with Gasteiger partial charge < -0.3 is 9.84 Å². The fourth-order valence-electron chi connectivity index (χ4n) is 2.11. The molecule has 7 heteroatoms. The van der Waals surface area contributed by atoms with Crippen molar-refractivity contribution in [1.82, 2.24) is 4.98 Å². The van der Waals surface area contributed by atoms with Crippen LogP contribution in [0.5, 0.6) is 5.75 Å². The molecule has 0 fully saturated rings. The zero-order valence-electron chi connectivity index (χ0n) is 13.1. The Morgan fingerprint density at radius 3 is 2.67 bits per heavy atom. The van der Waals surface area contributed by atoms with E-state index in [1.54, 1.807) is 18.3 Å². The number of aliphatic carboxylic acids is 1. The Balaban J connectivity index is 2.22. The smallest absolute Gasteiger partial charge is 0.303 e. The summed E-state index contributed by atoms with van der Waals surface area (Å²) >= 11 is 1.49. The van der Waals surface area contributed by atoms with Crippen molar-refractivity contribution in [2.45, 2.75) is 24.8 Å². The van der Waals surface area contributed by atoms with Crippen molar-refractivity contribution in [3.8, 4) is 16.9 Å². The third-order valence-corrected chi connectivity index (χ3v) is 4.03. The van der Waals surface area contributed by atoms with Gasteiger partial charge in [-0.05, 0) is 35.9 Å². The summed E-state index contributed by atoms with van der Waals surface area (Å²) in [6, 6.07) is 5.87. The molecule has 2 aromatic rings. The molecule has 1 aromatic carbocycles. The number of benzene rings is 1. The monoisotopic (exact) mass is 353 g/mol. The van der Waals surface area contributed by atoms with Gasteiger partial charge in [-0.15, -0.1) is 11.8 Å². The average molecular weight is 353 g/mol. The van der Waals surface area contributed by atoms with Gasteiger partial charge in [-0.1, -0.05) is 13.0 Å². The highest BCUT2D eigenvalue weighted by Crippen LogP contribution is 2.33. The number of halogens is 2. The van der Waals surface area contributed by atoms with Crippen molar-refractivity contribution in [2.75, 3.05) is 12.4 Å². The molecule has 24 heavy (non-hydrogen) atoms. The van der Waals surface area contributed by atoms with E-state index in [2.05, 4.69) is 4.98 Å². The summed E-state index contributed by atoms with van der Waals surface area (Å²) < 4.78 is 33.4. The van der Waals surface area contributed by atoms with Crippen LogP contribution in [0.25, 0.3) is 11.1 Å². The molecule has 128 valence electrons. The van der Waals surface area contributed by atoms with Gasteiger partial charge in [0.25, 0.3) is 0 Å². The van der Waals surface area contributed by atoms with Gasteiger partial charge in [-0.2, -0.15) is 0 Å². The van der Waals surface area contributed by atoms with E-state index in [1.807, 2.05) is 6.92 Å². The number of aromatic nitrogens is 1. The number of hydrogen-bond acceptors (Lipinski definition) is 4. The maximum Gasteiger partial charge on any atom is 0.303 e. The minimum atomic E-state index is -0.979. The molecule has 0 saturated carbocycles. The van der Waals surface area contributed by atoms with Gasteiger partial charge in [0.15, 0.2) is 17.4 Å². The first-order valence-electron chi connectivity index (χ1n) is 7.44. The minimum absolute atomic E-state index is 0.0662. The molecule has 0 radical (unpaired) electrons. The molecule has 1 N–H and O–H groups in total. The number of nitrogens with zero attached hydrogens (tertiary/aromatic N) is 1. The Kier molecular flexibility index (Phi) is 6.54. The quantitative estimate of drug-likeness (QED) is 0.564. The van der Waals surface area contributed by atoms with Crippen molar-refractivity contribution in [3.63, 3.8) is 0 Å². The maximum atomic E-state index is 14.2. The van der Waals surface area contributed by atoms with Crippen LogP contribution in [0, 0.1) is 11.6 Å². The Hall–Kier alpha value is -2.15. The number of pyridine rings is 1. The lowest BCUT2D eigenvalue weighted by atomic mass is 10.1. The van der Waals surface area contributed by atoms with Gasteiger partial charge in [0.2, 0.25) is 0 Å². The third kappa shape index (κ3) is 4.67. The third-order valence-electron chi connectivity index (χ3n) is 3.14. The zero-order valence-corrected chi connectivity index (χ0v) is 13.9. The topological polar surface area (TPSA) is 59.4 Å². The van der Waals surface area contributed by atoms with Gasteiger partial charge >= 0.3 is 5.97 Å². The first-order chi connectivity index (χ1) is 11.5. The first-order valence-corrected chi connectivity index (χ1v) is 8.43. The van der Waals surface area contributed by atoms with E-state index in [9.17, 15) is 13.6 Å². The number of carboxylic acid groups (broad SMARTS) is 1. The molecule has 0 saturated heterocycles. The second kappa shape index (κ2) is 8.63. The summed E-state index contributed by atoms with van der Waals surface area (Å²) in [5.74, 6) is -2.32. The highest BCUT2D eigenvalue weighted by Gasteiger charge is 2.16. The molecule has 1 heterocycles. The Morgan fingerprint density at radius 2 is 2.04 bits per heavy atom. The maximum absolute atomic E-state index is 14.2. The lowest BCUT2D eigenvalue weighted by Gasteiger charge is -2.11. The number of rotatable bonds is 8. The normalized spacial score (nSPS) is 10.6. The van der Waals surface area contributed by atoms with Crippen LogP contribution in [0.3, 0.4) is 0 Å². The van der Waals surface area contributed by atoms with E-state index in [0.717, 1.165) is 5.75 Å². The van der Waals surface area contributed by atoms with Crippen LogP contribution in [-0.2, 0) is 4.79 Å². The number of thioether (sulfide) groups is 1. The number of carbonyl (C=O) groups is 1. The van der Waals surface area contributed by atoms with Gasteiger partial charge in [0, 0.05) is 18.2 Å². The summed E-state index contributed by atoms with van der Waals surface area (Å²) in [4.78, 5) is 14.7. The summed E-state index contributed by atoms with van der Waals surface area (Å²) in [6.45, 7) is 1.90. The van der Waals surface area contributed by atoms with Crippen molar-refractivity contribution < 1.29 is 23.4 Å². The molecule has 0 aliphatic rings. The number of ether oxygens (including phenoxy) is 1. The molecule has 0 atom stereocenters. The molecule has 1 aromatic heterocycles. The van der Waals surface area contributed by atoms with Crippen LogP contribution in [0.4, 0.5) is 8.78 Å². The number of hydrogen-bond donors (Lipinski definition) is 1. The predicted octanol–water partition coefficient (Wildman–Crippen LogP) is 4.38. The summed E-state index contributed by atoms with van der Waals surface area (Å²) in [7, 11) is 0. The van der Waals surface area contributed by atoms with Crippen molar-refractivity contribution >= 4 is 17.7 Å². The van der Waals surface area contributed by atoms with Crippen LogP contribution in [-0.4, -0.2) is 28.4 Å². The van der Waals surface area contributed by atoms with E-state index >= 15 is 0 Å². The predicted molar refractivity (Wildman–Crippen MR) is 88.4 cm³/mol. The molecular formula is C17H17F2NO3S. The van der Waals surface area contributed by atoms with Gasteiger partial charge in [0.05, 0.1) is 6.61 Å². The molecule has 2 rings (SSSR count). The Labute approximate surface area is 142 Å². The standard InChI is InChI=1S/C17H17F2NO3S/c1-2-24-17-12(5-3-7-20-17)11-9-13(18)16(14(19)10-11)23-8-4-6-15(21)22/h3,5,7,9-10H,2,4,6,8H2,1H3,(H,21,22). The van der Waals surface area contributed by atoms with E-state index < -0.39 is 23.4 Å². The van der Waals surface area contributed by atoms with Crippen molar-refractivity contribution in [1.29, 1.82) is 0 Å². The van der Waals surface area contributed by atoms with Crippen molar-refractivity contribution in [3.05, 3.63) is 42.1 Å². The summed E-state index contributed by atoms with van der Waals surface area (Å²) in [5.41, 5.74) is 1.03. The minimum Gasteiger partial charge on any atom is -0.488 e. The molecule has 0 aliphatic carbocycles. The molecule has 4 nitrogen and oxygen atoms in total. The molecule has 0 spiro atoms. The highest BCUT2D eigenvalue weighted by molar-refractivity contribution is 7.99. The van der Waals surface area contributed by atoms with E-state index in [4.69, 9.17) is 9.84 Å². The number of carboxylic acids is 1. The molecule has 0 amide bonds. The highest BCUT2D eigenvalue weighted by atomic mass is 32.2. The lowest BCUT2D eigenvalue weighted by molar-refractivity contribution is -0.137. The molecular weight excluding hydrogens is 336 g/mol. The van der Waals surface area contributed by atoms with E-state index in [0.29, 0.717) is 16.2 Å². The summed E-state index contributed by atoms with van der Waals surface area (Å²) in [6.07, 6.45) is 1.69. The zero-order chi connectivity index (χ0) is 17.5. The van der Waals surface area contributed by atoms with Gasteiger partial charge in [0.1, 0.15) is 5.03 Å². The van der Waals surface area contributed by atoms with Crippen LogP contribution in [0.2, 0.25) is 0 Å². The molecule has 0 unspecified atom stereocenters. The van der Waals surface area contributed by atoms with Crippen LogP contribution < -0.4 is 4.74 Å². The van der Waals surface area contributed by atoms with Gasteiger partial charge in [-0.25, -0.2) is 13.8 Å². The Morgan fingerprint density at radius 1 is 1.33 bits per heavy atom.